The van der Waals surface area contributed by atoms with Crippen molar-refractivity contribution in [2.75, 3.05) is 0 Å². The molecule has 2 rings (SSSR count). The molecule has 1 aromatic heterocycles. The third-order valence-electron chi connectivity index (χ3n) is 3.00. The molecule has 0 aliphatic carbocycles. The fraction of sp³-hybridized carbons (Fsp3) is 0.214. The standard InChI is InChI=1S/C14H16N2O2/c1-16-9-10(5-4-7-12(15)14(17)18)11-6-2-3-8-13(11)16/h2-3,6-9H,4-5,15H2,1H3,(H,17,18). The van der Waals surface area contributed by atoms with Gasteiger partial charge in [-0.25, -0.2) is 4.79 Å². The second-order valence-corrected chi connectivity index (χ2v) is 4.29. The molecule has 0 bridgehead atoms. The van der Waals surface area contributed by atoms with Crippen LogP contribution in [-0.2, 0) is 18.3 Å². The number of hydrogen-bond donors (Lipinski definition) is 2. The van der Waals surface area contributed by atoms with Crippen LogP contribution in [0.2, 0.25) is 0 Å². The Morgan fingerprint density at radius 1 is 1.44 bits per heavy atom. The summed E-state index contributed by atoms with van der Waals surface area (Å²) in [5, 5.41) is 9.87. The molecule has 0 unspecified atom stereocenters. The van der Waals surface area contributed by atoms with Crippen LogP contribution in [0.15, 0.2) is 42.2 Å². The molecule has 0 saturated heterocycles. The molecule has 3 N–H and O–H groups in total. The van der Waals surface area contributed by atoms with Crippen molar-refractivity contribution >= 4 is 16.9 Å². The Kier molecular flexibility index (Phi) is 3.37. The minimum absolute atomic E-state index is 0.0877. The zero-order valence-electron chi connectivity index (χ0n) is 10.3. The molecular weight excluding hydrogens is 228 g/mol. The number of carboxylic acid groups (broad SMARTS) is 1. The molecule has 0 saturated carbocycles. The smallest absolute Gasteiger partial charge is 0.351 e. The van der Waals surface area contributed by atoms with Crippen molar-refractivity contribution in [2.45, 2.75) is 12.8 Å². The molecule has 0 radical (unpaired) electrons. The molecule has 1 aromatic carbocycles. The number of para-hydroxylation sites is 1. The predicted molar refractivity (Wildman–Crippen MR) is 71.1 cm³/mol. The highest BCUT2D eigenvalue weighted by Gasteiger charge is 2.05. The summed E-state index contributed by atoms with van der Waals surface area (Å²) in [6.45, 7) is 0. The molecule has 0 spiro atoms. The molecule has 4 heteroatoms. The minimum atomic E-state index is -1.06. The molecular formula is C14H16N2O2. The summed E-state index contributed by atoms with van der Waals surface area (Å²) in [5.41, 5.74) is 7.66. The second kappa shape index (κ2) is 4.96. The van der Waals surface area contributed by atoms with Crippen LogP contribution in [0.1, 0.15) is 12.0 Å². The summed E-state index contributed by atoms with van der Waals surface area (Å²) in [5.74, 6) is -1.06. The Labute approximate surface area is 105 Å². The number of carboxylic acids is 1. The Balaban J connectivity index is 2.18. The second-order valence-electron chi connectivity index (χ2n) is 4.29. The van der Waals surface area contributed by atoms with Crippen LogP contribution in [0.5, 0.6) is 0 Å². The molecule has 0 fully saturated rings. The molecule has 4 nitrogen and oxygen atoms in total. The lowest BCUT2D eigenvalue weighted by atomic mass is 10.1. The lowest BCUT2D eigenvalue weighted by Gasteiger charge is -1.97. The van der Waals surface area contributed by atoms with Crippen molar-refractivity contribution < 1.29 is 9.90 Å². The summed E-state index contributed by atoms with van der Waals surface area (Å²) < 4.78 is 2.08. The van der Waals surface area contributed by atoms with Gasteiger partial charge in [0.2, 0.25) is 0 Å². The Morgan fingerprint density at radius 3 is 2.89 bits per heavy atom. The molecule has 0 aliphatic heterocycles. The van der Waals surface area contributed by atoms with Gasteiger partial charge in [-0.1, -0.05) is 24.3 Å². The number of aryl methyl sites for hydroxylation is 2. The normalized spacial score (nSPS) is 11.9. The fourth-order valence-electron chi connectivity index (χ4n) is 2.10. The molecule has 0 amide bonds. The van der Waals surface area contributed by atoms with Crippen molar-refractivity contribution in [3.05, 3.63) is 47.8 Å². The zero-order valence-corrected chi connectivity index (χ0v) is 10.3. The number of nitrogens with zero attached hydrogens (tertiary/aromatic N) is 1. The van der Waals surface area contributed by atoms with Gasteiger partial charge in [-0.05, 0) is 24.5 Å². The van der Waals surface area contributed by atoms with Crippen molar-refractivity contribution in [2.24, 2.45) is 12.8 Å². The first-order chi connectivity index (χ1) is 8.59. The maximum atomic E-state index is 10.6. The van der Waals surface area contributed by atoms with Gasteiger partial charge < -0.3 is 15.4 Å². The molecule has 94 valence electrons. The van der Waals surface area contributed by atoms with Gasteiger partial charge in [-0.15, -0.1) is 0 Å². The van der Waals surface area contributed by atoms with Crippen molar-refractivity contribution in [1.29, 1.82) is 0 Å². The first kappa shape index (κ1) is 12.2. The highest BCUT2D eigenvalue weighted by molar-refractivity contribution is 5.85. The SMILES string of the molecule is Cn1cc(CCC=C(N)C(=O)O)c2ccccc21. The van der Waals surface area contributed by atoms with Crippen molar-refractivity contribution in [3.8, 4) is 0 Å². The third kappa shape index (κ3) is 2.37. The first-order valence-corrected chi connectivity index (χ1v) is 5.81. The summed E-state index contributed by atoms with van der Waals surface area (Å²) in [6, 6.07) is 8.16. The number of benzene rings is 1. The van der Waals surface area contributed by atoms with E-state index in [2.05, 4.69) is 22.9 Å². The van der Waals surface area contributed by atoms with Gasteiger partial charge in [0.05, 0.1) is 0 Å². The molecule has 2 aromatic rings. The van der Waals surface area contributed by atoms with E-state index in [0.29, 0.717) is 6.42 Å². The van der Waals surface area contributed by atoms with Gasteiger partial charge in [0.1, 0.15) is 5.70 Å². The number of aromatic nitrogens is 1. The third-order valence-corrected chi connectivity index (χ3v) is 3.00. The van der Waals surface area contributed by atoms with E-state index in [9.17, 15) is 4.79 Å². The number of carbonyl (C=O) groups is 1. The van der Waals surface area contributed by atoms with Gasteiger partial charge in [0.25, 0.3) is 0 Å². The van der Waals surface area contributed by atoms with Crippen LogP contribution in [-0.4, -0.2) is 15.6 Å². The monoisotopic (exact) mass is 244 g/mol. The summed E-state index contributed by atoms with van der Waals surface area (Å²) in [4.78, 5) is 10.6. The van der Waals surface area contributed by atoms with E-state index in [0.717, 1.165) is 6.42 Å². The maximum absolute atomic E-state index is 10.6. The average Bonchev–Trinajstić information content (AvgIpc) is 2.67. The largest absolute Gasteiger partial charge is 0.477 e. The fourth-order valence-corrected chi connectivity index (χ4v) is 2.10. The van der Waals surface area contributed by atoms with E-state index < -0.39 is 5.97 Å². The van der Waals surface area contributed by atoms with E-state index in [1.54, 1.807) is 6.08 Å². The number of fused-ring (bicyclic) bond motifs is 1. The van der Waals surface area contributed by atoms with Gasteiger partial charge in [-0.2, -0.15) is 0 Å². The van der Waals surface area contributed by atoms with Gasteiger partial charge in [-0.3, -0.25) is 0 Å². The minimum Gasteiger partial charge on any atom is -0.477 e. The van der Waals surface area contributed by atoms with Crippen LogP contribution in [0.25, 0.3) is 10.9 Å². The topological polar surface area (TPSA) is 68.2 Å². The van der Waals surface area contributed by atoms with Crippen LogP contribution in [0, 0.1) is 0 Å². The summed E-state index contributed by atoms with van der Waals surface area (Å²) in [6.07, 6.45) is 5.06. The lowest BCUT2D eigenvalue weighted by Crippen LogP contribution is -2.09. The van der Waals surface area contributed by atoms with E-state index in [1.165, 1.54) is 16.5 Å². The van der Waals surface area contributed by atoms with Crippen molar-refractivity contribution in [3.63, 3.8) is 0 Å². The Hall–Kier alpha value is -2.23. The van der Waals surface area contributed by atoms with Gasteiger partial charge in [0, 0.05) is 24.1 Å². The highest BCUT2D eigenvalue weighted by Crippen LogP contribution is 2.21. The number of aliphatic carboxylic acids is 1. The lowest BCUT2D eigenvalue weighted by molar-refractivity contribution is -0.132. The highest BCUT2D eigenvalue weighted by atomic mass is 16.4. The number of allylic oxidation sites excluding steroid dienone is 1. The number of rotatable bonds is 4. The first-order valence-electron chi connectivity index (χ1n) is 5.81. The van der Waals surface area contributed by atoms with Crippen LogP contribution >= 0.6 is 0 Å². The molecule has 0 aliphatic rings. The molecule has 1 heterocycles. The van der Waals surface area contributed by atoms with Gasteiger partial charge >= 0.3 is 5.97 Å². The van der Waals surface area contributed by atoms with Crippen molar-refractivity contribution in [1.82, 2.24) is 4.57 Å². The van der Waals surface area contributed by atoms with E-state index in [1.807, 2.05) is 19.2 Å². The molecule has 18 heavy (non-hydrogen) atoms. The van der Waals surface area contributed by atoms with Crippen LogP contribution in [0.4, 0.5) is 0 Å². The Bertz CT molecular complexity index is 611. The van der Waals surface area contributed by atoms with E-state index in [4.69, 9.17) is 10.8 Å². The summed E-state index contributed by atoms with van der Waals surface area (Å²) in [7, 11) is 2.01. The zero-order chi connectivity index (χ0) is 13.1. The average molecular weight is 244 g/mol. The number of hydrogen-bond acceptors (Lipinski definition) is 2. The maximum Gasteiger partial charge on any atom is 0.351 e. The predicted octanol–water partition coefficient (Wildman–Crippen LogP) is 2.04. The van der Waals surface area contributed by atoms with Crippen LogP contribution < -0.4 is 5.73 Å². The number of nitrogens with two attached hydrogens (primary N) is 1. The van der Waals surface area contributed by atoms with E-state index >= 15 is 0 Å². The van der Waals surface area contributed by atoms with E-state index in [-0.39, 0.29) is 5.70 Å². The molecule has 0 atom stereocenters. The van der Waals surface area contributed by atoms with Gasteiger partial charge in [0.15, 0.2) is 0 Å². The van der Waals surface area contributed by atoms with Crippen LogP contribution in [0.3, 0.4) is 0 Å². The quantitative estimate of drug-likeness (QED) is 0.809. The Morgan fingerprint density at radius 2 is 2.17 bits per heavy atom. The summed E-state index contributed by atoms with van der Waals surface area (Å²) >= 11 is 0.